The van der Waals surface area contributed by atoms with Gasteiger partial charge in [0, 0.05) is 30.3 Å². The highest BCUT2D eigenvalue weighted by Gasteiger charge is 2.63. The van der Waals surface area contributed by atoms with E-state index in [1.165, 1.54) is 4.90 Å². The first kappa shape index (κ1) is 42.9. The number of carbonyl (C=O) groups is 4. The number of benzene rings is 1. The smallest absolute Gasteiger partial charge is 0.427 e. The van der Waals surface area contributed by atoms with Crippen LogP contribution in [-0.2, 0) is 33.9 Å². The van der Waals surface area contributed by atoms with Crippen LogP contribution in [0.3, 0.4) is 0 Å². The summed E-state index contributed by atoms with van der Waals surface area (Å²) in [7, 11) is -4.04. The second-order valence-corrected chi connectivity index (χ2v) is 20.4. The van der Waals surface area contributed by atoms with Gasteiger partial charge in [0.05, 0.1) is 46.0 Å². The maximum atomic E-state index is 14.9. The molecule has 2 saturated carbocycles. The van der Waals surface area contributed by atoms with Crippen LogP contribution in [0, 0.1) is 29.1 Å². The molecule has 3 fully saturated rings. The van der Waals surface area contributed by atoms with Crippen molar-refractivity contribution in [1.29, 1.82) is 0 Å². The van der Waals surface area contributed by atoms with Crippen molar-refractivity contribution in [3.63, 3.8) is 0 Å². The third-order valence-corrected chi connectivity index (χ3v) is 15.2. The lowest BCUT2D eigenvalue weighted by Crippen LogP contribution is -2.48. The van der Waals surface area contributed by atoms with Crippen LogP contribution in [0.5, 0.6) is 5.88 Å². The summed E-state index contributed by atoms with van der Waals surface area (Å²) in [4.78, 5) is 67.1. The molecule has 320 valence electrons. The van der Waals surface area contributed by atoms with E-state index in [2.05, 4.69) is 14.7 Å². The van der Waals surface area contributed by atoms with Crippen molar-refractivity contribution in [3.05, 3.63) is 47.8 Å². The number of rotatable bonds is 8. The molecule has 59 heavy (non-hydrogen) atoms. The molecule has 1 N–H and O–H groups in total. The van der Waals surface area contributed by atoms with Gasteiger partial charge in [-0.2, -0.15) is 18.2 Å². The number of ether oxygens (including phenoxy) is 2. The number of esters is 1. The van der Waals surface area contributed by atoms with Crippen molar-refractivity contribution in [2.45, 2.75) is 121 Å². The fourth-order valence-electron chi connectivity index (χ4n) is 8.50. The number of amides is 2. The lowest BCUT2D eigenvalue weighted by molar-refractivity contribution is -0.257. The summed E-state index contributed by atoms with van der Waals surface area (Å²) in [6.07, 6.45) is 2.85. The van der Waals surface area contributed by atoms with E-state index in [9.17, 15) is 40.8 Å². The molecule has 7 atom stereocenters. The number of Topliss-reactive ketones (excluding diaryl/α,β-unsaturated/α-hetero) is 1. The van der Waals surface area contributed by atoms with Crippen LogP contribution in [0.15, 0.2) is 42.7 Å². The third-order valence-electron chi connectivity index (χ3n) is 12.8. The Bertz CT molecular complexity index is 2330. The van der Waals surface area contributed by atoms with Gasteiger partial charge in [-0.15, -0.1) is 0 Å². The number of carbonyl (C=O) groups excluding carboxylic acids is 4. The molecule has 4 aliphatic rings. The number of halogens is 4. The van der Waals surface area contributed by atoms with Gasteiger partial charge in [-0.25, -0.2) is 13.4 Å². The Morgan fingerprint density at radius 3 is 2.54 bits per heavy atom. The number of hydrogen-bond acceptors (Lipinski definition) is 10. The van der Waals surface area contributed by atoms with Gasteiger partial charge in [-0.3, -0.25) is 28.3 Å². The Balaban J connectivity index is 1.25. The molecule has 2 aliphatic heterocycles. The minimum Gasteiger partial charge on any atom is -0.472 e. The summed E-state index contributed by atoms with van der Waals surface area (Å²) in [5.41, 5.74) is -3.55. The molecule has 0 spiro atoms. The predicted molar refractivity (Wildman–Crippen MR) is 211 cm³/mol. The van der Waals surface area contributed by atoms with Crippen molar-refractivity contribution < 1.29 is 50.2 Å². The van der Waals surface area contributed by atoms with Crippen LogP contribution in [0.1, 0.15) is 92.4 Å². The van der Waals surface area contributed by atoms with Gasteiger partial charge in [-0.05, 0) is 95.2 Å². The van der Waals surface area contributed by atoms with Crippen LogP contribution >= 0.6 is 11.6 Å². The molecular weight excluding hydrogens is 815 g/mol. The molecule has 2 amide bonds. The van der Waals surface area contributed by atoms with Crippen LogP contribution in [-0.4, -0.2) is 86.5 Å². The molecule has 1 saturated heterocycles. The highest BCUT2D eigenvalue weighted by Crippen LogP contribution is 2.58. The number of imidazole rings is 1. The van der Waals surface area contributed by atoms with Crippen molar-refractivity contribution >= 4 is 61.9 Å². The van der Waals surface area contributed by atoms with Gasteiger partial charge < -0.3 is 14.4 Å². The van der Waals surface area contributed by atoms with E-state index in [0.717, 1.165) is 13.8 Å². The first-order valence-corrected chi connectivity index (χ1v) is 21.8. The lowest BCUT2D eigenvalue weighted by atomic mass is 9.82. The zero-order valence-electron chi connectivity index (χ0n) is 33.6. The van der Waals surface area contributed by atoms with Gasteiger partial charge in [0.2, 0.25) is 39.1 Å². The Morgan fingerprint density at radius 1 is 1.12 bits per heavy atom. The third kappa shape index (κ3) is 8.42. The summed E-state index contributed by atoms with van der Waals surface area (Å²) in [6, 6.07) is 3.93. The van der Waals surface area contributed by atoms with Crippen LogP contribution in [0.4, 0.5) is 13.2 Å². The van der Waals surface area contributed by atoms with Gasteiger partial charge in [0.15, 0.2) is 5.78 Å². The van der Waals surface area contributed by atoms with E-state index in [0.29, 0.717) is 53.8 Å². The molecule has 0 radical (unpaired) electrons. The van der Waals surface area contributed by atoms with Crippen LogP contribution in [0.25, 0.3) is 16.7 Å². The van der Waals surface area contributed by atoms with E-state index in [1.807, 2.05) is 19.1 Å². The normalized spacial score (nSPS) is 29.5. The van der Waals surface area contributed by atoms with Crippen LogP contribution < -0.4 is 9.46 Å². The Labute approximate surface area is 345 Å². The van der Waals surface area contributed by atoms with Crippen molar-refractivity contribution in [2.75, 3.05) is 6.54 Å². The summed E-state index contributed by atoms with van der Waals surface area (Å²) < 4.78 is 82.2. The average Bonchev–Trinajstić information content (AvgIpc) is 3.93. The van der Waals surface area contributed by atoms with E-state index in [-0.39, 0.29) is 31.2 Å². The van der Waals surface area contributed by atoms with Crippen molar-refractivity contribution in [1.82, 2.24) is 24.0 Å². The number of allylic oxidation sites excluding steroid dienone is 2. The fraction of sp³-hybridized carbons (Fsp3) is 0.610. The molecule has 3 aromatic rings. The zero-order valence-corrected chi connectivity index (χ0v) is 35.1. The Kier molecular flexibility index (Phi) is 11.1. The number of ketones is 1. The molecule has 0 unspecified atom stereocenters. The average molecular weight is 864 g/mol. The minimum absolute atomic E-state index is 0.00486. The molecule has 2 aromatic heterocycles. The molecule has 18 heteroatoms. The summed E-state index contributed by atoms with van der Waals surface area (Å²) in [5.74, 6) is -4.87. The van der Waals surface area contributed by atoms with Gasteiger partial charge in [0.25, 0.3) is 0 Å². The van der Waals surface area contributed by atoms with E-state index < -0.39 is 98.3 Å². The highest BCUT2D eigenvalue weighted by atomic mass is 35.5. The molecule has 2 aliphatic carbocycles. The van der Waals surface area contributed by atoms with Gasteiger partial charge >= 0.3 is 12.1 Å². The number of aromatic nitrogens is 3. The number of sulfonamides is 1. The number of alkyl halides is 3. The second-order valence-electron chi connectivity index (χ2n) is 17.8. The van der Waals surface area contributed by atoms with Crippen molar-refractivity contribution in [2.24, 2.45) is 29.1 Å². The molecule has 4 heterocycles. The standard InChI is InChI=1S/C41H49ClF3N5O8S/c1-23-8-6-7-9-25-20-40(25,36(54)48-59(55,56)39(5)12-13-39)21-32(51)31-18-27(57-34-29-17-26(42)10-11-30(29)49-15-14-46-37(49)47-34)22-50(31)35(53)28(24(2)16-23)19-33(52)58-38(3,4)41(43,44)45/h7,9-11,14-15,17,23-25,27-28,31H,6,8,12-13,16,18-22H2,1-5H3,(H,48,54)/b9-7-/t23-,24-,25-,27-,28+,31+,40-/m1/s1. The Hall–Kier alpha value is -4.25. The molecule has 13 nitrogen and oxygen atoms in total. The fourth-order valence-corrected chi connectivity index (χ4v) is 10.0. The maximum Gasteiger partial charge on any atom is 0.427 e. The highest BCUT2D eigenvalue weighted by molar-refractivity contribution is 7.91. The number of nitrogens with one attached hydrogen (secondary N) is 1. The Morgan fingerprint density at radius 2 is 1.85 bits per heavy atom. The molecule has 7 rings (SSSR count). The molecular formula is C41H49ClF3N5O8S. The monoisotopic (exact) mass is 863 g/mol. The summed E-state index contributed by atoms with van der Waals surface area (Å²) >= 11 is 6.39. The molecule has 1 aromatic carbocycles. The van der Waals surface area contributed by atoms with Crippen molar-refractivity contribution in [3.8, 4) is 5.88 Å². The number of fused-ring (bicyclic) bond motifs is 5. The lowest BCUT2D eigenvalue weighted by Gasteiger charge is -2.33. The van der Waals surface area contributed by atoms with E-state index >= 15 is 0 Å². The molecule has 0 bridgehead atoms. The van der Waals surface area contributed by atoms with E-state index in [4.69, 9.17) is 21.1 Å². The second kappa shape index (κ2) is 15.3. The van der Waals surface area contributed by atoms with Crippen LogP contribution in [0.2, 0.25) is 5.02 Å². The number of nitrogens with zero attached hydrogens (tertiary/aromatic N) is 4. The quantitative estimate of drug-likeness (QED) is 0.189. The zero-order chi connectivity index (χ0) is 42.9. The summed E-state index contributed by atoms with van der Waals surface area (Å²) in [6.45, 7) is 6.58. The van der Waals surface area contributed by atoms with Gasteiger partial charge in [0.1, 0.15) is 6.10 Å². The topological polar surface area (TPSA) is 166 Å². The summed E-state index contributed by atoms with van der Waals surface area (Å²) in [5, 5.41) is 0.920. The predicted octanol–water partition coefficient (Wildman–Crippen LogP) is 6.75. The first-order valence-electron chi connectivity index (χ1n) is 20.0. The maximum absolute atomic E-state index is 14.9. The largest absolute Gasteiger partial charge is 0.472 e. The SMILES string of the molecule is C[C@@H]1CC/C=C\[C@@H]2C[C@@]2(C(=O)NS(=O)(=O)C2(C)CC2)CC(=O)[C@@H]2C[C@@H](Oc3nc4nccn4c4ccc(Cl)cc34)CN2C(=O)[C@@H](CC(=O)OC(C)(C)C(F)(F)F)[C@H](C)C1. The van der Waals surface area contributed by atoms with E-state index in [1.54, 1.807) is 48.8 Å². The minimum atomic E-state index is -4.88. The first-order chi connectivity index (χ1) is 27.5. The number of hydrogen-bond donors (Lipinski definition) is 1. The van der Waals surface area contributed by atoms with Gasteiger partial charge in [-0.1, -0.05) is 37.6 Å².